The van der Waals surface area contributed by atoms with Gasteiger partial charge in [0, 0.05) is 27.1 Å². The Morgan fingerprint density at radius 3 is 2.00 bits per heavy atom. The van der Waals surface area contributed by atoms with Crippen molar-refractivity contribution in [3.63, 3.8) is 0 Å². The smallest absolute Gasteiger partial charge is 0.336 e. The van der Waals surface area contributed by atoms with Crippen LogP contribution in [0.2, 0.25) is 0 Å². The highest BCUT2D eigenvalue weighted by Gasteiger charge is 2.42. The van der Waals surface area contributed by atoms with Crippen LogP contribution in [0.15, 0.2) is 30.3 Å². The lowest BCUT2D eigenvalue weighted by Crippen LogP contribution is -2.60. The number of nitrogens with one attached hydrogen (secondary N) is 2. The number of carbonyl (C=O) groups excluding carboxylic acids is 8. The number of rotatable bonds is 20. The molecule has 1 aliphatic heterocycles. The summed E-state index contributed by atoms with van der Waals surface area (Å²) in [6, 6.07) is 3.24. The fourth-order valence-corrected chi connectivity index (χ4v) is 6.49. The van der Waals surface area contributed by atoms with Crippen LogP contribution in [0.3, 0.4) is 0 Å². The number of amides is 6. The van der Waals surface area contributed by atoms with Gasteiger partial charge < -0.3 is 45.6 Å². The number of nitrogens with zero attached hydrogens (tertiary/aromatic N) is 3. The fraction of sp³-hybridized carbons (Fsp3) is 0.650. The Kier molecular flexibility index (Phi) is 18.6. The summed E-state index contributed by atoms with van der Waals surface area (Å²) in [7, 11) is 3.92. The number of aliphatic hydroxyl groups excluding tert-OH is 1. The molecule has 1 aromatic carbocycles. The number of likely N-dealkylation sites (N-methyl/N-ethyl adjacent to an activating group) is 2. The molecule has 0 spiro atoms. The van der Waals surface area contributed by atoms with Gasteiger partial charge in [0.05, 0.1) is 13.5 Å². The van der Waals surface area contributed by atoms with E-state index in [9.17, 15) is 43.5 Å². The second-order valence-corrected chi connectivity index (χ2v) is 15.4. The standard InChI is InChI=1S/C40H62N6O11/c1-11-24(6)31(43-34(49)28(21-30(41)47)44(8)38(53)33(23(4)5)57-40(55)32(48)22(2)3)35(50)42-25(7)36(51)45(9)29(20-26-16-13-12-14-17-26)37(52)46-19-15-18-27(46)39(54)56-10/h12-14,16-17,22-25,27-29,31-33,48H,11,15,18-21H2,1-10H3,(H2,41,47)(H,42,50)(H,43,49)/t24-,25-,27-,28-,29-,31-,32?,33?/m0/s1. The van der Waals surface area contributed by atoms with Crippen LogP contribution < -0.4 is 16.4 Å². The van der Waals surface area contributed by atoms with Crippen LogP contribution in [0.25, 0.3) is 0 Å². The summed E-state index contributed by atoms with van der Waals surface area (Å²) in [5.41, 5.74) is 6.24. The SMILES string of the molecule is CC[C@H](C)[C@H](NC(=O)[C@H](CC(N)=O)N(C)C(=O)C(OC(=O)C(O)C(C)C)C(C)C)C(=O)N[C@@H](C)C(=O)N(C)[C@@H](Cc1ccccc1)C(=O)N1CCC[C@H]1C(=O)OC. The molecule has 1 aromatic rings. The zero-order valence-electron chi connectivity index (χ0n) is 34.9. The number of esters is 2. The lowest BCUT2D eigenvalue weighted by molar-refractivity contribution is -0.172. The summed E-state index contributed by atoms with van der Waals surface area (Å²) in [6.45, 7) is 11.6. The number of nitrogens with two attached hydrogens (primary N) is 1. The molecule has 2 unspecified atom stereocenters. The Hall–Kier alpha value is -5.06. The average Bonchev–Trinajstić information content (AvgIpc) is 3.68. The van der Waals surface area contributed by atoms with Crippen molar-refractivity contribution in [1.82, 2.24) is 25.3 Å². The minimum Gasteiger partial charge on any atom is -0.467 e. The number of ether oxygens (including phenoxy) is 2. The van der Waals surface area contributed by atoms with Gasteiger partial charge in [0.15, 0.2) is 12.2 Å². The van der Waals surface area contributed by atoms with Gasteiger partial charge in [-0.2, -0.15) is 0 Å². The summed E-state index contributed by atoms with van der Waals surface area (Å²) in [5, 5.41) is 15.5. The Bertz CT molecular complexity index is 1590. The summed E-state index contributed by atoms with van der Waals surface area (Å²) < 4.78 is 10.3. The number of aliphatic hydroxyl groups is 1. The van der Waals surface area contributed by atoms with Crippen molar-refractivity contribution >= 4 is 47.4 Å². The highest BCUT2D eigenvalue weighted by molar-refractivity contribution is 5.98. The molecule has 1 fully saturated rings. The summed E-state index contributed by atoms with van der Waals surface area (Å²) in [5.74, 6) is -7.66. The van der Waals surface area contributed by atoms with Crippen molar-refractivity contribution in [3.05, 3.63) is 35.9 Å². The number of hydrogen-bond donors (Lipinski definition) is 4. The van der Waals surface area contributed by atoms with E-state index >= 15 is 0 Å². The maximum Gasteiger partial charge on any atom is 0.336 e. The second kappa shape index (κ2) is 22.0. The van der Waals surface area contributed by atoms with Crippen molar-refractivity contribution in [2.45, 2.75) is 123 Å². The van der Waals surface area contributed by atoms with E-state index in [0.717, 1.165) is 10.5 Å². The molecule has 2 rings (SSSR count). The summed E-state index contributed by atoms with van der Waals surface area (Å²) >= 11 is 0. The van der Waals surface area contributed by atoms with E-state index in [4.69, 9.17) is 15.2 Å². The van der Waals surface area contributed by atoms with Gasteiger partial charge in [0.1, 0.15) is 30.2 Å². The molecule has 6 amide bonds. The number of carbonyl (C=O) groups is 8. The predicted molar refractivity (Wildman–Crippen MR) is 208 cm³/mol. The second-order valence-electron chi connectivity index (χ2n) is 15.4. The third kappa shape index (κ3) is 13.0. The van der Waals surface area contributed by atoms with E-state index in [1.54, 1.807) is 53.7 Å². The molecule has 0 saturated carbocycles. The average molecular weight is 803 g/mol. The predicted octanol–water partition coefficient (Wildman–Crippen LogP) is 0.543. The number of benzene rings is 1. The first kappa shape index (κ1) is 48.1. The highest BCUT2D eigenvalue weighted by atomic mass is 16.6. The molecule has 0 aromatic heterocycles. The van der Waals surface area contributed by atoms with E-state index in [2.05, 4.69) is 10.6 Å². The van der Waals surface area contributed by atoms with Gasteiger partial charge in [0.25, 0.3) is 5.91 Å². The van der Waals surface area contributed by atoms with Gasteiger partial charge in [-0.05, 0) is 43.1 Å². The molecule has 5 N–H and O–H groups in total. The van der Waals surface area contributed by atoms with Crippen LogP contribution in [-0.4, -0.2) is 137 Å². The maximum atomic E-state index is 14.1. The molecule has 318 valence electrons. The Balaban J connectivity index is 2.34. The van der Waals surface area contributed by atoms with Crippen LogP contribution in [0.1, 0.15) is 79.7 Å². The van der Waals surface area contributed by atoms with Crippen molar-refractivity contribution < 1.29 is 52.9 Å². The molecule has 17 nitrogen and oxygen atoms in total. The first-order chi connectivity index (χ1) is 26.7. The van der Waals surface area contributed by atoms with E-state index in [-0.39, 0.29) is 6.42 Å². The summed E-state index contributed by atoms with van der Waals surface area (Å²) in [6.07, 6.45) is -2.05. The zero-order chi connectivity index (χ0) is 43.3. The maximum absolute atomic E-state index is 14.1. The quantitative estimate of drug-likeness (QED) is 0.133. The Morgan fingerprint density at radius 1 is 0.877 bits per heavy atom. The number of methoxy groups -OCH3 is 1. The Labute approximate surface area is 335 Å². The summed E-state index contributed by atoms with van der Waals surface area (Å²) in [4.78, 5) is 110. The minimum absolute atomic E-state index is 0.126. The van der Waals surface area contributed by atoms with Gasteiger partial charge in [-0.25, -0.2) is 9.59 Å². The van der Waals surface area contributed by atoms with E-state index < -0.39 is 114 Å². The normalized spacial score (nSPS) is 17.6. The van der Waals surface area contributed by atoms with Gasteiger partial charge in [-0.3, -0.25) is 28.8 Å². The van der Waals surface area contributed by atoms with Gasteiger partial charge in [-0.1, -0.05) is 78.3 Å². The molecule has 0 bridgehead atoms. The van der Waals surface area contributed by atoms with Crippen LogP contribution in [0.4, 0.5) is 0 Å². The van der Waals surface area contributed by atoms with Crippen LogP contribution in [0.5, 0.6) is 0 Å². The first-order valence-corrected chi connectivity index (χ1v) is 19.4. The minimum atomic E-state index is -1.53. The Morgan fingerprint density at radius 2 is 1.47 bits per heavy atom. The van der Waals surface area contributed by atoms with E-state index in [1.807, 2.05) is 18.2 Å². The number of likely N-dealkylation sites (tertiary alicyclic amines) is 1. The van der Waals surface area contributed by atoms with Crippen molar-refractivity contribution in [2.24, 2.45) is 23.5 Å². The zero-order valence-corrected chi connectivity index (χ0v) is 34.9. The van der Waals surface area contributed by atoms with Crippen molar-refractivity contribution in [2.75, 3.05) is 27.7 Å². The molecule has 1 saturated heterocycles. The largest absolute Gasteiger partial charge is 0.467 e. The molecule has 8 atom stereocenters. The highest BCUT2D eigenvalue weighted by Crippen LogP contribution is 2.23. The topological polar surface area (TPSA) is 235 Å². The molecule has 1 aliphatic rings. The monoisotopic (exact) mass is 802 g/mol. The third-order valence-corrected chi connectivity index (χ3v) is 10.4. The molecule has 17 heteroatoms. The molecular formula is C40H62N6O11. The van der Waals surface area contributed by atoms with Crippen molar-refractivity contribution in [3.8, 4) is 0 Å². The molecule has 57 heavy (non-hydrogen) atoms. The van der Waals surface area contributed by atoms with Crippen LogP contribution in [-0.2, 0) is 54.3 Å². The molecular weight excluding hydrogens is 740 g/mol. The van der Waals surface area contributed by atoms with Crippen LogP contribution in [0, 0.1) is 17.8 Å². The van der Waals surface area contributed by atoms with Gasteiger partial charge in [-0.15, -0.1) is 0 Å². The van der Waals surface area contributed by atoms with E-state index in [0.29, 0.717) is 25.8 Å². The number of primary amides is 1. The third-order valence-electron chi connectivity index (χ3n) is 10.4. The van der Waals surface area contributed by atoms with Crippen molar-refractivity contribution in [1.29, 1.82) is 0 Å². The van der Waals surface area contributed by atoms with E-state index in [1.165, 1.54) is 37.9 Å². The number of hydrogen-bond acceptors (Lipinski definition) is 11. The fourth-order valence-electron chi connectivity index (χ4n) is 6.49. The van der Waals surface area contributed by atoms with Gasteiger partial charge >= 0.3 is 11.9 Å². The van der Waals surface area contributed by atoms with Gasteiger partial charge in [0.2, 0.25) is 29.5 Å². The molecule has 0 aliphatic carbocycles. The lowest BCUT2D eigenvalue weighted by atomic mass is 9.96. The lowest BCUT2D eigenvalue weighted by Gasteiger charge is -2.35. The molecule has 0 radical (unpaired) electrons. The van der Waals surface area contributed by atoms with Crippen LogP contribution >= 0.6 is 0 Å². The molecule has 1 heterocycles. The first-order valence-electron chi connectivity index (χ1n) is 19.4.